The lowest BCUT2D eigenvalue weighted by molar-refractivity contribution is -0.171. The highest BCUT2D eigenvalue weighted by Crippen LogP contribution is 2.60. The normalized spacial score (nSPS) is 44.7. The average molecular weight is 254 g/mol. The van der Waals surface area contributed by atoms with Crippen LogP contribution in [-0.4, -0.2) is 17.8 Å². The summed E-state index contributed by atoms with van der Waals surface area (Å²) in [6.45, 7) is 2.43. The molecule has 0 aromatic carbocycles. The molecule has 0 N–H and O–H groups in total. The number of rotatable bonds is 3. The van der Waals surface area contributed by atoms with Crippen LogP contribution in [0.3, 0.4) is 0 Å². The van der Waals surface area contributed by atoms with Crippen molar-refractivity contribution >= 4 is 18.6 Å². The number of esters is 1. The standard InChI is InChI=1S/C14H22O2S/c1-9(17)8-16-13(15)14-5-10-2-11(6-14)4-12(3-10)7-14/h9-12,17H,2-8H2,1H3/t9-,10?,11?,12?,14?/m1/s1. The fourth-order valence-corrected chi connectivity index (χ4v) is 4.78. The SMILES string of the molecule is C[C@@H](S)COC(=O)C12CC3CC(CC(C3)C1)C2. The zero-order valence-corrected chi connectivity index (χ0v) is 11.4. The first-order chi connectivity index (χ1) is 8.07. The maximum atomic E-state index is 12.3. The molecular weight excluding hydrogens is 232 g/mol. The van der Waals surface area contributed by atoms with Gasteiger partial charge >= 0.3 is 5.97 Å². The number of carbonyl (C=O) groups excluding carboxylic acids is 1. The summed E-state index contributed by atoms with van der Waals surface area (Å²) >= 11 is 4.27. The third-order valence-corrected chi connectivity index (χ3v) is 5.08. The van der Waals surface area contributed by atoms with Crippen LogP contribution < -0.4 is 0 Å². The minimum Gasteiger partial charge on any atom is -0.464 e. The van der Waals surface area contributed by atoms with Gasteiger partial charge in [0.25, 0.3) is 0 Å². The van der Waals surface area contributed by atoms with Gasteiger partial charge in [-0.25, -0.2) is 0 Å². The second kappa shape index (κ2) is 4.18. The van der Waals surface area contributed by atoms with Gasteiger partial charge in [-0.05, 0) is 56.3 Å². The van der Waals surface area contributed by atoms with E-state index in [0.717, 1.165) is 37.0 Å². The van der Waals surface area contributed by atoms with Gasteiger partial charge in [-0.2, -0.15) is 12.6 Å². The Bertz CT molecular complexity index is 289. The molecule has 0 amide bonds. The molecule has 4 bridgehead atoms. The topological polar surface area (TPSA) is 26.3 Å². The molecule has 4 rings (SSSR count). The van der Waals surface area contributed by atoms with Gasteiger partial charge in [0.15, 0.2) is 0 Å². The van der Waals surface area contributed by atoms with Crippen LogP contribution in [0.15, 0.2) is 0 Å². The van der Waals surface area contributed by atoms with Gasteiger partial charge in [0.05, 0.1) is 5.41 Å². The van der Waals surface area contributed by atoms with Crippen LogP contribution in [0, 0.1) is 23.2 Å². The predicted molar refractivity (Wildman–Crippen MR) is 70.0 cm³/mol. The van der Waals surface area contributed by atoms with Crippen LogP contribution in [0.5, 0.6) is 0 Å². The van der Waals surface area contributed by atoms with Crippen LogP contribution in [0.1, 0.15) is 45.4 Å². The molecular formula is C14H22O2S. The summed E-state index contributed by atoms with van der Waals surface area (Å²) in [4.78, 5) is 12.3. The largest absolute Gasteiger partial charge is 0.464 e. The van der Waals surface area contributed by atoms with Crippen LogP contribution in [0.25, 0.3) is 0 Å². The summed E-state index contributed by atoms with van der Waals surface area (Å²) in [6, 6.07) is 0. The third-order valence-electron chi connectivity index (χ3n) is 4.93. The Morgan fingerprint density at radius 1 is 1.24 bits per heavy atom. The van der Waals surface area contributed by atoms with E-state index in [4.69, 9.17) is 4.74 Å². The average Bonchev–Trinajstić information content (AvgIpc) is 2.23. The van der Waals surface area contributed by atoms with Crippen LogP contribution in [0.4, 0.5) is 0 Å². The van der Waals surface area contributed by atoms with Gasteiger partial charge in [0, 0.05) is 5.25 Å². The van der Waals surface area contributed by atoms with E-state index in [1.165, 1.54) is 19.3 Å². The summed E-state index contributed by atoms with van der Waals surface area (Å²) in [5.74, 6) is 2.50. The molecule has 4 fully saturated rings. The molecule has 0 saturated heterocycles. The fraction of sp³-hybridized carbons (Fsp3) is 0.929. The van der Waals surface area contributed by atoms with Crippen LogP contribution in [0.2, 0.25) is 0 Å². The second-order valence-corrected chi connectivity index (χ2v) is 7.53. The molecule has 4 saturated carbocycles. The Balaban J connectivity index is 1.71. The summed E-state index contributed by atoms with van der Waals surface area (Å²) < 4.78 is 5.47. The van der Waals surface area contributed by atoms with Gasteiger partial charge in [0.2, 0.25) is 0 Å². The Labute approximate surface area is 109 Å². The molecule has 0 aromatic heterocycles. The molecule has 0 aliphatic heterocycles. The monoisotopic (exact) mass is 254 g/mol. The quantitative estimate of drug-likeness (QED) is 0.619. The van der Waals surface area contributed by atoms with Crippen molar-refractivity contribution in [2.24, 2.45) is 23.2 Å². The van der Waals surface area contributed by atoms with E-state index in [1.807, 2.05) is 6.92 Å². The number of hydrogen-bond acceptors (Lipinski definition) is 3. The van der Waals surface area contributed by atoms with Gasteiger partial charge < -0.3 is 4.74 Å². The van der Waals surface area contributed by atoms with Crippen molar-refractivity contribution in [1.82, 2.24) is 0 Å². The molecule has 0 radical (unpaired) electrons. The predicted octanol–water partition coefficient (Wildman–Crippen LogP) is 3.06. The van der Waals surface area contributed by atoms with Crippen molar-refractivity contribution in [3.63, 3.8) is 0 Å². The van der Waals surface area contributed by atoms with E-state index < -0.39 is 0 Å². The minimum atomic E-state index is -0.0998. The molecule has 96 valence electrons. The molecule has 4 aliphatic rings. The molecule has 2 nitrogen and oxygen atoms in total. The lowest BCUT2D eigenvalue weighted by Crippen LogP contribution is -2.50. The molecule has 17 heavy (non-hydrogen) atoms. The zero-order chi connectivity index (χ0) is 12.0. The maximum Gasteiger partial charge on any atom is 0.312 e. The Morgan fingerprint density at radius 2 is 1.71 bits per heavy atom. The fourth-order valence-electron chi connectivity index (χ4n) is 4.71. The molecule has 3 heteroatoms. The van der Waals surface area contributed by atoms with Crippen molar-refractivity contribution < 1.29 is 9.53 Å². The lowest BCUT2D eigenvalue weighted by atomic mass is 9.49. The summed E-state index contributed by atoms with van der Waals surface area (Å²) in [7, 11) is 0. The number of ether oxygens (including phenoxy) is 1. The first-order valence-electron chi connectivity index (χ1n) is 6.93. The third kappa shape index (κ3) is 2.11. The molecule has 0 spiro atoms. The highest BCUT2D eigenvalue weighted by molar-refractivity contribution is 7.80. The van der Waals surface area contributed by atoms with Crippen molar-refractivity contribution in [3.05, 3.63) is 0 Å². The van der Waals surface area contributed by atoms with E-state index in [9.17, 15) is 4.79 Å². The zero-order valence-electron chi connectivity index (χ0n) is 10.5. The molecule has 1 atom stereocenters. The molecule has 4 aliphatic carbocycles. The number of thiol groups is 1. The highest BCUT2D eigenvalue weighted by Gasteiger charge is 2.55. The minimum absolute atomic E-state index is 0.0810. The van der Waals surface area contributed by atoms with Crippen LogP contribution >= 0.6 is 12.6 Å². The first kappa shape index (κ1) is 11.9. The smallest absolute Gasteiger partial charge is 0.312 e. The van der Waals surface area contributed by atoms with Crippen molar-refractivity contribution in [2.75, 3.05) is 6.61 Å². The van der Waals surface area contributed by atoms with Gasteiger partial charge in [-0.15, -0.1) is 0 Å². The molecule has 0 aromatic rings. The van der Waals surface area contributed by atoms with Gasteiger partial charge in [0.1, 0.15) is 6.61 Å². The van der Waals surface area contributed by atoms with E-state index in [1.54, 1.807) is 0 Å². The molecule has 0 heterocycles. The summed E-state index contributed by atoms with van der Waals surface area (Å²) in [5, 5.41) is 0.146. The second-order valence-electron chi connectivity index (χ2n) is 6.65. The first-order valence-corrected chi connectivity index (χ1v) is 7.44. The van der Waals surface area contributed by atoms with Gasteiger partial charge in [-0.1, -0.05) is 6.92 Å². The number of hydrogen-bond donors (Lipinski definition) is 1. The van der Waals surface area contributed by atoms with Crippen molar-refractivity contribution in [3.8, 4) is 0 Å². The van der Waals surface area contributed by atoms with Crippen LogP contribution in [-0.2, 0) is 9.53 Å². The summed E-state index contributed by atoms with van der Waals surface area (Å²) in [6.07, 6.45) is 7.40. The van der Waals surface area contributed by atoms with E-state index in [0.29, 0.717) is 6.61 Å². The van der Waals surface area contributed by atoms with Crippen molar-refractivity contribution in [2.45, 2.75) is 50.7 Å². The van der Waals surface area contributed by atoms with E-state index in [-0.39, 0.29) is 16.6 Å². The Morgan fingerprint density at radius 3 is 2.12 bits per heavy atom. The van der Waals surface area contributed by atoms with Gasteiger partial charge in [-0.3, -0.25) is 4.79 Å². The Kier molecular flexibility index (Phi) is 2.92. The number of carbonyl (C=O) groups is 1. The van der Waals surface area contributed by atoms with E-state index in [2.05, 4.69) is 12.6 Å². The molecule has 0 unspecified atom stereocenters. The maximum absolute atomic E-state index is 12.3. The van der Waals surface area contributed by atoms with E-state index >= 15 is 0 Å². The Hall–Kier alpha value is -0.180. The highest BCUT2D eigenvalue weighted by atomic mass is 32.1. The van der Waals surface area contributed by atoms with Crippen molar-refractivity contribution in [1.29, 1.82) is 0 Å². The lowest BCUT2D eigenvalue weighted by Gasteiger charge is -2.55. The summed E-state index contributed by atoms with van der Waals surface area (Å²) in [5.41, 5.74) is -0.0998.